The largest absolute Gasteiger partial charge is 0.494 e. The molecule has 3 N–H and O–H groups in total. The van der Waals surface area contributed by atoms with Gasteiger partial charge in [0.15, 0.2) is 0 Å². The number of ether oxygens (including phenoxy) is 2. The van der Waals surface area contributed by atoms with E-state index in [0.717, 1.165) is 24.2 Å². The SMILES string of the molecule is CCOc1ccc2sc(S(=O)(=O)NC(=O)[C@@]34C[C@H]3/C=C\CCCCC[C@H](NC(=O)OC(C)(C)C)C(=O)N3CCC[C@H]3C(=O)N4)nc2c1. The minimum Gasteiger partial charge on any atom is -0.494 e. The molecule has 3 aliphatic rings. The molecule has 47 heavy (non-hydrogen) atoms. The highest BCUT2D eigenvalue weighted by molar-refractivity contribution is 7.92. The Kier molecular flexibility index (Phi) is 10.2. The van der Waals surface area contributed by atoms with Crippen molar-refractivity contribution in [2.24, 2.45) is 5.92 Å². The van der Waals surface area contributed by atoms with Gasteiger partial charge in [0.2, 0.25) is 16.2 Å². The molecule has 0 radical (unpaired) electrons. The van der Waals surface area contributed by atoms with Gasteiger partial charge >= 0.3 is 6.09 Å². The molecule has 2 aromatic rings. The van der Waals surface area contributed by atoms with Crippen LogP contribution in [0, 0.1) is 5.92 Å². The van der Waals surface area contributed by atoms with Crippen LogP contribution in [0.25, 0.3) is 10.2 Å². The Labute approximate surface area is 278 Å². The number of hydrogen-bond acceptors (Lipinski definition) is 10. The zero-order valence-corrected chi connectivity index (χ0v) is 28.8. The summed E-state index contributed by atoms with van der Waals surface area (Å²) < 4.78 is 40.2. The number of benzene rings is 1. The van der Waals surface area contributed by atoms with Crippen molar-refractivity contribution in [3.05, 3.63) is 30.4 Å². The van der Waals surface area contributed by atoms with Gasteiger partial charge < -0.3 is 25.0 Å². The minimum atomic E-state index is -4.37. The highest BCUT2D eigenvalue weighted by Gasteiger charge is 2.61. The summed E-state index contributed by atoms with van der Waals surface area (Å²) in [7, 11) is -4.37. The molecular formula is C32H43N5O8S2. The maximum Gasteiger partial charge on any atom is 0.408 e. The molecule has 15 heteroatoms. The van der Waals surface area contributed by atoms with Gasteiger partial charge in [0.1, 0.15) is 29.0 Å². The number of nitrogens with one attached hydrogen (secondary N) is 3. The lowest BCUT2D eigenvalue weighted by Crippen LogP contribution is -2.58. The third kappa shape index (κ3) is 8.06. The number of rotatable bonds is 6. The van der Waals surface area contributed by atoms with Crippen LogP contribution in [0.1, 0.15) is 79.1 Å². The molecule has 0 bridgehead atoms. The Morgan fingerprint density at radius 1 is 1.15 bits per heavy atom. The van der Waals surface area contributed by atoms with Crippen molar-refractivity contribution in [1.82, 2.24) is 25.2 Å². The van der Waals surface area contributed by atoms with Gasteiger partial charge in [-0.25, -0.2) is 14.5 Å². The van der Waals surface area contributed by atoms with Crippen LogP contribution in [0.3, 0.4) is 0 Å². The van der Waals surface area contributed by atoms with Gasteiger partial charge in [0, 0.05) is 18.5 Å². The van der Waals surface area contributed by atoms with E-state index in [4.69, 9.17) is 9.47 Å². The molecule has 0 spiro atoms. The van der Waals surface area contributed by atoms with Gasteiger partial charge in [-0.2, -0.15) is 8.42 Å². The summed E-state index contributed by atoms with van der Waals surface area (Å²) in [6, 6.07) is 3.30. The normalized spacial score (nSPS) is 26.2. The fraction of sp³-hybridized carbons (Fsp3) is 0.594. The standard InChI is InChI=1S/C32H43N5O8S2/c1-5-44-21-15-16-25-23(18-21)34-30(46-25)47(42,43)36-28(40)32-19-20(32)12-9-7-6-8-10-13-22(33-29(41)45-31(2,3)4)27(39)37-17-11-14-24(37)26(38)35-32/h9,12,15-16,18,20,22,24H,5-8,10-11,13-14,17,19H2,1-4H3,(H,33,41)(H,35,38)(H,36,40)/b12-9-/t20-,22+,24+,32-/m1/s1. The van der Waals surface area contributed by atoms with Gasteiger partial charge in [-0.3, -0.25) is 14.4 Å². The zero-order chi connectivity index (χ0) is 34.0. The number of thiazole rings is 1. The molecule has 4 amide bonds. The molecule has 1 aromatic heterocycles. The maximum absolute atomic E-state index is 13.8. The van der Waals surface area contributed by atoms with Crippen LogP contribution < -0.4 is 20.1 Å². The van der Waals surface area contributed by atoms with E-state index >= 15 is 0 Å². The number of carbonyl (C=O) groups excluding carboxylic acids is 4. The van der Waals surface area contributed by atoms with E-state index in [1.165, 1.54) is 4.90 Å². The Morgan fingerprint density at radius 2 is 1.94 bits per heavy atom. The second-order valence-corrected chi connectivity index (χ2v) is 16.1. The number of hydrogen-bond donors (Lipinski definition) is 3. The van der Waals surface area contributed by atoms with Gasteiger partial charge in [0.05, 0.1) is 16.8 Å². The van der Waals surface area contributed by atoms with Crippen molar-refractivity contribution >= 4 is 55.4 Å². The summed E-state index contributed by atoms with van der Waals surface area (Å²) in [5, 5.41) is 5.54. The van der Waals surface area contributed by atoms with Crippen molar-refractivity contribution in [3.63, 3.8) is 0 Å². The summed E-state index contributed by atoms with van der Waals surface area (Å²) >= 11 is 0.924. The zero-order valence-electron chi connectivity index (χ0n) is 27.2. The minimum absolute atomic E-state index is 0.206. The van der Waals surface area contributed by atoms with Crippen molar-refractivity contribution in [1.29, 1.82) is 0 Å². The molecule has 4 atom stereocenters. The topological polar surface area (TPSA) is 173 Å². The molecule has 2 fully saturated rings. The van der Waals surface area contributed by atoms with Gasteiger partial charge in [-0.15, -0.1) is 11.3 Å². The lowest BCUT2D eigenvalue weighted by atomic mass is 10.0. The predicted molar refractivity (Wildman–Crippen MR) is 175 cm³/mol. The van der Waals surface area contributed by atoms with Crippen LogP contribution in [0.15, 0.2) is 34.7 Å². The number of aromatic nitrogens is 1. The Bertz CT molecular complexity index is 1670. The van der Waals surface area contributed by atoms with Crippen LogP contribution in [-0.4, -0.2) is 78.5 Å². The van der Waals surface area contributed by atoms with Gasteiger partial charge in [0.25, 0.3) is 15.9 Å². The van der Waals surface area contributed by atoms with E-state index in [1.807, 2.05) is 19.1 Å². The van der Waals surface area contributed by atoms with Crippen LogP contribution in [-0.2, 0) is 29.1 Å². The Morgan fingerprint density at radius 3 is 2.68 bits per heavy atom. The Balaban J connectivity index is 1.36. The van der Waals surface area contributed by atoms with E-state index in [0.29, 0.717) is 61.2 Å². The first-order chi connectivity index (χ1) is 22.2. The molecule has 0 unspecified atom stereocenters. The molecule has 256 valence electrons. The summed E-state index contributed by atoms with van der Waals surface area (Å²) in [6.07, 6.45) is 7.58. The number of sulfonamides is 1. The van der Waals surface area contributed by atoms with Crippen LogP contribution in [0.4, 0.5) is 4.79 Å². The quantitative estimate of drug-likeness (QED) is 0.382. The van der Waals surface area contributed by atoms with E-state index in [-0.39, 0.29) is 10.8 Å². The number of allylic oxidation sites excluding steroid dienone is 1. The number of carbonyl (C=O) groups is 4. The third-order valence-electron chi connectivity index (χ3n) is 8.43. The second-order valence-electron chi connectivity index (χ2n) is 13.2. The molecule has 3 heterocycles. The molecule has 1 saturated heterocycles. The molecule has 1 saturated carbocycles. The summed E-state index contributed by atoms with van der Waals surface area (Å²) in [4.78, 5) is 59.7. The molecule has 2 aliphatic heterocycles. The average molecular weight is 690 g/mol. The van der Waals surface area contributed by atoms with E-state index in [2.05, 4.69) is 20.3 Å². The first-order valence-corrected chi connectivity index (χ1v) is 18.4. The van der Waals surface area contributed by atoms with Crippen molar-refractivity contribution in [2.75, 3.05) is 13.2 Å². The lowest BCUT2D eigenvalue weighted by Gasteiger charge is -2.30. The monoisotopic (exact) mass is 689 g/mol. The summed E-state index contributed by atoms with van der Waals surface area (Å²) in [5.74, 6) is -1.68. The van der Waals surface area contributed by atoms with Crippen molar-refractivity contribution in [2.45, 2.75) is 107 Å². The van der Waals surface area contributed by atoms with Crippen LogP contribution in [0.2, 0.25) is 0 Å². The lowest BCUT2D eigenvalue weighted by molar-refractivity contribution is -0.141. The first kappa shape index (κ1) is 34.6. The molecule has 1 aromatic carbocycles. The molecule has 5 rings (SSSR count). The maximum atomic E-state index is 13.8. The van der Waals surface area contributed by atoms with E-state index in [9.17, 15) is 27.6 Å². The number of alkyl carbamates (subject to hydrolysis) is 1. The van der Waals surface area contributed by atoms with Crippen molar-refractivity contribution in [3.8, 4) is 5.75 Å². The number of fused-ring (bicyclic) bond motifs is 3. The van der Waals surface area contributed by atoms with Gasteiger partial charge in [-0.05, 0) is 78.4 Å². The van der Waals surface area contributed by atoms with Crippen molar-refractivity contribution < 1.29 is 37.1 Å². The molecular weight excluding hydrogens is 647 g/mol. The highest BCUT2D eigenvalue weighted by atomic mass is 32.2. The third-order valence-corrected chi connectivity index (χ3v) is 11.2. The van der Waals surface area contributed by atoms with E-state index < -0.39 is 63.0 Å². The molecule has 1 aliphatic carbocycles. The van der Waals surface area contributed by atoms with Crippen LogP contribution in [0.5, 0.6) is 5.75 Å². The highest BCUT2D eigenvalue weighted by Crippen LogP contribution is 2.46. The Hall–Kier alpha value is -3.72. The number of nitrogens with zero attached hydrogens (tertiary/aromatic N) is 2. The first-order valence-electron chi connectivity index (χ1n) is 16.1. The average Bonchev–Trinajstić information content (AvgIpc) is 3.31. The van der Waals surface area contributed by atoms with Crippen LogP contribution >= 0.6 is 11.3 Å². The fourth-order valence-corrected chi connectivity index (χ4v) is 8.30. The number of amides is 4. The molecule has 13 nitrogen and oxygen atoms in total. The smallest absolute Gasteiger partial charge is 0.408 e. The summed E-state index contributed by atoms with van der Waals surface area (Å²) in [6.45, 7) is 7.79. The second kappa shape index (κ2) is 13.8. The fourth-order valence-electron chi connectivity index (χ4n) is 6.06. The van der Waals surface area contributed by atoms with E-state index in [1.54, 1.807) is 39.0 Å². The van der Waals surface area contributed by atoms with Gasteiger partial charge in [-0.1, -0.05) is 25.0 Å². The predicted octanol–water partition coefficient (Wildman–Crippen LogP) is 3.78. The summed E-state index contributed by atoms with van der Waals surface area (Å²) in [5.41, 5.74) is -1.84.